The molecule has 0 aromatic heterocycles. The predicted molar refractivity (Wildman–Crippen MR) is 85.1 cm³/mol. The fraction of sp³-hybridized carbons (Fsp3) is 0.375. The van der Waals surface area contributed by atoms with Crippen LogP contribution >= 0.6 is 0 Å². The standard InChI is InChI=1S/C16H18FN3O4/c1-11(21)18-9-13-10-20(16(22)24-13)12-2-3-15(14(17)8-12)19-4-6-23-7-5-19/h2-4,6,8,13H,5,7,9-10H2,1H3,(H,18,21)/t13-/m0/s1. The average molecular weight is 335 g/mol. The van der Waals surface area contributed by atoms with E-state index in [1.165, 1.54) is 24.2 Å². The molecule has 1 fully saturated rings. The van der Waals surface area contributed by atoms with Gasteiger partial charge in [-0.2, -0.15) is 0 Å². The topological polar surface area (TPSA) is 71.1 Å². The van der Waals surface area contributed by atoms with Gasteiger partial charge in [-0.25, -0.2) is 9.18 Å². The lowest BCUT2D eigenvalue weighted by Crippen LogP contribution is -2.33. The maximum atomic E-state index is 14.4. The van der Waals surface area contributed by atoms with E-state index < -0.39 is 18.0 Å². The molecule has 24 heavy (non-hydrogen) atoms. The molecule has 7 nitrogen and oxygen atoms in total. The number of carbonyl (C=O) groups excluding carboxylic acids is 2. The van der Waals surface area contributed by atoms with E-state index in [1.807, 2.05) is 0 Å². The Balaban J connectivity index is 1.72. The molecular formula is C16H18FN3O4. The van der Waals surface area contributed by atoms with Crippen LogP contribution in [0.5, 0.6) is 0 Å². The summed E-state index contributed by atoms with van der Waals surface area (Å²) in [6, 6.07) is 4.60. The highest BCUT2D eigenvalue weighted by Crippen LogP contribution is 2.28. The third-order valence-electron chi connectivity index (χ3n) is 3.79. The third-order valence-corrected chi connectivity index (χ3v) is 3.79. The zero-order chi connectivity index (χ0) is 17.1. The van der Waals surface area contributed by atoms with Gasteiger partial charge in [-0.15, -0.1) is 0 Å². The number of hydrogen-bond donors (Lipinski definition) is 1. The maximum Gasteiger partial charge on any atom is 0.414 e. The number of cyclic esters (lactones) is 1. The first-order valence-electron chi connectivity index (χ1n) is 7.61. The molecule has 1 atom stereocenters. The summed E-state index contributed by atoms with van der Waals surface area (Å²) < 4.78 is 24.7. The number of rotatable bonds is 4. The molecule has 1 saturated heterocycles. The SMILES string of the molecule is CC(=O)NC[C@H]1CN(c2ccc(N3C=COCC3)c(F)c2)C(=O)O1. The van der Waals surface area contributed by atoms with Crippen molar-refractivity contribution < 1.29 is 23.5 Å². The second-order valence-corrected chi connectivity index (χ2v) is 5.54. The number of hydrogen-bond acceptors (Lipinski definition) is 5. The highest BCUT2D eigenvalue weighted by atomic mass is 19.1. The summed E-state index contributed by atoms with van der Waals surface area (Å²) in [5.41, 5.74) is 0.837. The monoisotopic (exact) mass is 335 g/mol. The van der Waals surface area contributed by atoms with Crippen LogP contribution in [-0.2, 0) is 14.3 Å². The van der Waals surface area contributed by atoms with E-state index in [0.29, 0.717) is 24.5 Å². The highest BCUT2D eigenvalue weighted by molar-refractivity contribution is 5.90. The minimum Gasteiger partial charge on any atom is -0.498 e. The Labute approximate surface area is 138 Å². The summed E-state index contributed by atoms with van der Waals surface area (Å²) in [6.45, 7) is 2.92. The molecule has 0 radical (unpaired) electrons. The van der Waals surface area contributed by atoms with Gasteiger partial charge in [-0.05, 0) is 18.2 Å². The van der Waals surface area contributed by atoms with Crippen LogP contribution in [0.2, 0.25) is 0 Å². The Morgan fingerprint density at radius 3 is 2.96 bits per heavy atom. The van der Waals surface area contributed by atoms with Crippen molar-refractivity contribution in [3.8, 4) is 0 Å². The van der Waals surface area contributed by atoms with Crippen molar-refractivity contribution in [1.29, 1.82) is 0 Å². The Hall–Kier alpha value is -2.77. The van der Waals surface area contributed by atoms with Crippen LogP contribution < -0.4 is 15.1 Å². The first-order chi connectivity index (χ1) is 11.5. The largest absolute Gasteiger partial charge is 0.498 e. The van der Waals surface area contributed by atoms with Crippen LogP contribution in [0, 0.1) is 5.82 Å². The molecular weight excluding hydrogens is 317 g/mol. The summed E-state index contributed by atoms with van der Waals surface area (Å²) in [4.78, 5) is 26.0. The van der Waals surface area contributed by atoms with E-state index >= 15 is 0 Å². The van der Waals surface area contributed by atoms with Crippen molar-refractivity contribution in [2.45, 2.75) is 13.0 Å². The molecule has 128 valence electrons. The predicted octanol–water partition coefficient (Wildman–Crippen LogP) is 1.59. The van der Waals surface area contributed by atoms with E-state index in [1.54, 1.807) is 23.2 Å². The molecule has 8 heteroatoms. The number of halogens is 1. The average Bonchev–Trinajstić information content (AvgIpc) is 2.94. The van der Waals surface area contributed by atoms with Gasteiger partial charge in [0.05, 0.1) is 37.3 Å². The van der Waals surface area contributed by atoms with Crippen LogP contribution in [0.3, 0.4) is 0 Å². The lowest BCUT2D eigenvalue weighted by atomic mass is 10.2. The maximum absolute atomic E-state index is 14.4. The smallest absolute Gasteiger partial charge is 0.414 e. The van der Waals surface area contributed by atoms with Gasteiger partial charge >= 0.3 is 6.09 Å². The fourth-order valence-corrected chi connectivity index (χ4v) is 2.60. The Bertz CT molecular complexity index is 679. The molecule has 2 aliphatic rings. The zero-order valence-electron chi connectivity index (χ0n) is 13.2. The van der Waals surface area contributed by atoms with Crippen LogP contribution in [0.15, 0.2) is 30.7 Å². The van der Waals surface area contributed by atoms with E-state index in [0.717, 1.165) is 0 Å². The van der Waals surface area contributed by atoms with Gasteiger partial charge in [0.1, 0.15) is 18.5 Å². The van der Waals surface area contributed by atoms with Gasteiger partial charge in [-0.1, -0.05) is 0 Å². The first kappa shape index (κ1) is 16.1. The van der Waals surface area contributed by atoms with Crippen molar-refractivity contribution >= 4 is 23.4 Å². The van der Waals surface area contributed by atoms with Crippen molar-refractivity contribution in [3.63, 3.8) is 0 Å². The van der Waals surface area contributed by atoms with Crippen molar-refractivity contribution in [2.75, 3.05) is 36.0 Å². The molecule has 0 bridgehead atoms. The molecule has 0 aliphatic carbocycles. The minimum atomic E-state index is -0.552. The van der Waals surface area contributed by atoms with E-state index in [9.17, 15) is 14.0 Å². The van der Waals surface area contributed by atoms with Crippen LogP contribution in [0.25, 0.3) is 0 Å². The molecule has 1 aromatic carbocycles. The molecule has 0 spiro atoms. The Morgan fingerprint density at radius 2 is 2.29 bits per heavy atom. The molecule has 3 rings (SSSR count). The summed E-state index contributed by atoms with van der Waals surface area (Å²) in [5.74, 6) is -0.629. The number of anilines is 2. The number of carbonyl (C=O) groups is 2. The van der Waals surface area contributed by atoms with E-state index in [2.05, 4.69) is 5.32 Å². The minimum absolute atomic E-state index is 0.196. The summed E-state index contributed by atoms with van der Waals surface area (Å²) >= 11 is 0. The van der Waals surface area contributed by atoms with Crippen molar-refractivity contribution in [2.24, 2.45) is 0 Å². The second-order valence-electron chi connectivity index (χ2n) is 5.54. The van der Waals surface area contributed by atoms with Crippen LogP contribution in [0.4, 0.5) is 20.6 Å². The second kappa shape index (κ2) is 6.77. The van der Waals surface area contributed by atoms with Gasteiger partial charge in [0, 0.05) is 13.1 Å². The summed E-state index contributed by atoms with van der Waals surface area (Å²) in [5, 5.41) is 2.60. The number of ether oxygens (including phenoxy) is 2. The van der Waals surface area contributed by atoms with E-state index in [4.69, 9.17) is 9.47 Å². The van der Waals surface area contributed by atoms with Gasteiger partial charge in [-0.3, -0.25) is 9.69 Å². The van der Waals surface area contributed by atoms with Gasteiger partial charge in [0.25, 0.3) is 0 Å². The van der Waals surface area contributed by atoms with Gasteiger partial charge in [0.15, 0.2) is 0 Å². The number of amides is 2. The Kier molecular flexibility index (Phi) is 4.54. The molecule has 2 aliphatic heterocycles. The normalized spacial score (nSPS) is 19.9. The Morgan fingerprint density at radius 1 is 1.46 bits per heavy atom. The summed E-state index contributed by atoms with van der Waals surface area (Å²) in [6.07, 6.45) is 2.17. The molecule has 2 amide bonds. The molecule has 2 heterocycles. The number of nitrogens with zero attached hydrogens (tertiary/aromatic N) is 2. The lowest BCUT2D eigenvalue weighted by Gasteiger charge is -2.24. The number of nitrogens with one attached hydrogen (secondary N) is 1. The number of benzene rings is 1. The molecule has 1 N–H and O–H groups in total. The van der Waals surface area contributed by atoms with Crippen molar-refractivity contribution in [3.05, 3.63) is 36.5 Å². The third kappa shape index (κ3) is 3.42. The van der Waals surface area contributed by atoms with E-state index in [-0.39, 0.29) is 19.0 Å². The van der Waals surface area contributed by atoms with Crippen molar-refractivity contribution in [1.82, 2.24) is 5.32 Å². The zero-order valence-corrected chi connectivity index (χ0v) is 13.2. The lowest BCUT2D eigenvalue weighted by molar-refractivity contribution is -0.119. The van der Waals surface area contributed by atoms with Crippen LogP contribution in [0.1, 0.15) is 6.92 Å². The van der Waals surface area contributed by atoms with Gasteiger partial charge in [0.2, 0.25) is 5.91 Å². The highest BCUT2D eigenvalue weighted by Gasteiger charge is 2.32. The quantitative estimate of drug-likeness (QED) is 0.905. The summed E-state index contributed by atoms with van der Waals surface area (Å²) in [7, 11) is 0. The van der Waals surface area contributed by atoms with Crippen LogP contribution in [-0.4, -0.2) is 44.3 Å². The fourth-order valence-electron chi connectivity index (χ4n) is 2.60. The molecule has 0 unspecified atom stereocenters. The molecule has 1 aromatic rings. The van der Waals surface area contributed by atoms with Gasteiger partial charge < -0.3 is 19.7 Å². The first-order valence-corrected chi connectivity index (χ1v) is 7.61. The molecule has 0 saturated carbocycles.